The van der Waals surface area contributed by atoms with E-state index in [2.05, 4.69) is 22.9 Å². The summed E-state index contributed by atoms with van der Waals surface area (Å²) >= 11 is 0. The summed E-state index contributed by atoms with van der Waals surface area (Å²) < 4.78 is 47.9. The van der Waals surface area contributed by atoms with Gasteiger partial charge in [0.15, 0.2) is 0 Å². The van der Waals surface area contributed by atoms with E-state index in [1.165, 1.54) is 23.3 Å². The number of nitrogens with zero attached hydrogens (tertiary/aromatic N) is 2. The molecule has 2 aliphatic rings. The summed E-state index contributed by atoms with van der Waals surface area (Å²) in [6.07, 6.45) is 4.37. The lowest BCUT2D eigenvalue weighted by molar-refractivity contribution is 0.292. The molecule has 34 heavy (non-hydrogen) atoms. The Bertz CT molecular complexity index is 1290. The maximum absolute atomic E-state index is 13.3. The third-order valence-electron chi connectivity index (χ3n) is 7.13. The van der Waals surface area contributed by atoms with Crippen LogP contribution in [0.25, 0.3) is 22.5 Å². The highest BCUT2D eigenvalue weighted by Gasteiger charge is 2.41. The Hall–Kier alpha value is -2.55. The van der Waals surface area contributed by atoms with Crippen molar-refractivity contribution in [2.45, 2.75) is 45.1 Å². The summed E-state index contributed by atoms with van der Waals surface area (Å²) in [5.74, 6) is 0.265. The van der Waals surface area contributed by atoms with Crippen molar-refractivity contribution in [3.63, 3.8) is 0 Å². The van der Waals surface area contributed by atoms with Crippen molar-refractivity contribution in [3.8, 4) is 22.5 Å². The number of benzene rings is 2. The molecule has 1 saturated carbocycles. The number of halogens is 1. The molecule has 0 saturated heterocycles. The zero-order chi connectivity index (χ0) is 23.9. The van der Waals surface area contributed by atoms with E-state index in [1.54, 1.807) is 12.1 Å². The third-order valence-corrected chi connectivity index (χ3v) is 8.17. The summed E-state index contributed by atoms with van der Waals surface area (Å²) in [6.45, 7) is 2.09. The quantitative estimate of drug-likeness (QED) is 0.531. The maximum Gasteiger partial charge on any atom is 0.336 e. The fourth-order valence-corrected chi connectivity index (χ4v) is 6.63. The van der Waals surface area contributed by atoms with Gasteiger partial charge >= 0.3 is 10.3 Å². The molecule has 1 aromatic heterocycles. The Morgan fingerprint density at radius 3 is 2.41 bits per heavy atom. The average molecular weight is 484 g/mol. The summed E-state index contributed by atoms with van der Waals surface area (Å²) in [5.41, 5.74) is 6.27. The Balaban J connectivity index is 1.39. The van der Waals surface area contributed by atoms with E-state index in [0.717, 1.165) is 48.2 Å². The summed E-state index contributed by atoms with van der Waals surface area (Å²) in [5, 5.41) is 4.71. The normalized spacial score (nSPS) is 21.9. The topological polar surface area (TPSA) is 73.2 Å². The largest absolute Gasteiger partial charge is 0.336 e. The molecule has 0 spiro atoms. The van der Waals surface area contributed by atoms with Gasteiger partial charge < -0.3 is 0 Å². The number of nitrogens with one attached hydrogen (secondary N) is 1. The Kier molecular flexibility index (Phi) is 6.31. The molecule has 3 atom stereocenters. The van der Waals surface area contributed by atoms with Gasteiger partial charge in [-0.1, -0.05) is 19.1 Å². The predicted octanol–water partition coefficient (Wildman–Crippen LogP) is 4.65. The van der Waals surface area contributed by atoms with E-state index in [4.69, 9.17) is 9.28 Å². The lowest BCUT2D eigenvalue weighted by Crippen LogP contribution is -2.42. The zero-order valence-electron chi connectivity index (χ0n) is 19.5. The van der Waals surface area contributed by atoms with Crippen LogP contribution in [0.4, 0.5) is 4.39 Å². The van der Waals surface area contributed by atoms with Gasteiger partial charge in [0, 0.05) is 18.7 Å². The molecule has 8 heteroatoms. The standard InChI is InChI=1S/C26H30FN3O3S/c1-3-12-33-34(31,32)29-26-20-6-7-21(26)15-22-14-19(5-4-18(22)13-20)24-16-25(30(2)28-24)17-8-10-23(27)11-9-17/h4-5,8-11,14,16,20-21,26,29H,3,6-7,12-13,15H2,1-2H3/t20-,21+,26-/m1/s1. The van der Waals surface area contributed by atoms with Crippen molar-refractivity contribution >= 4 is 10.3 Å². The fraction of sp³-hybridized carbons (Fsp3) is 0.423. The van der Waals surface area contributed by atoms with Gasteiger partial charge in [-0.2, -0.15) is 18.2 Å². The Morgan fingerprint density at radius 2 is 1.71 bits per heavy atom. The molecular formula is C26H30FN3O3S. The number of aromatic nitrogens is 2. The number of aryl methyl sites for hydroxylation is 1. The van der Waals surface area contributed by atoms with E-state index >= 15 is 0 Å². The van der Waals surface area contributed by atoms with Crippen LogP contribution >= 0.6 is 0 Å². The lowest BCUT2D eigenvalue weighted by atomic mass is 9.91. The highest BCUT2D eigenvalue weighted by Crippen LogP contribution is 2.41. The molecule has 1 fully saturated rings. The van der Waals surface area contributed by atoms with Gasteiger partial charge in [-0.15, -0.1) is 0 Å². The Labute approximate surface area is 200 Å². The maximum atomic E-state index is 13.3. The minimum absolute atomic E-state index is 0.0994. The zero-order valence-corrected chi connectivity index (χ0v) is 20.3. The van der Waals surface area contributed by atoms with Crippen LogP contribution in [0.15, 0.2) is 48.5 Å². The molecular weight excluding hydrogens is 453 g/mol. The SMILES string of the molecule is CCCOS(=O)(=O)N[C@@H]1[C@@H]2CC[C@H]1Cc1cc(-c3cc(-c4ccc(F)cc4)n(C)n3)ccc1C2. The van der Waals surface area contributed by atoms with E-state index in [-0.39, 0.29) is 30.3 Å². The van der Waals surface area contributed by atoms with Crippen molar-refractivity contribution in [2.24, 2.45) is 18.9 Å². The van der Waals surface area contributed by atoms with Crippen molar-refractivity contribution in [3.05, 3.63) is 65.5 Å². The van der Waals surface area contributed by atoms with Gasteiger partial charge in [0.25, 0.3) is 0 Å². The van der Waals surface area contributed by atoms with Crippen LogP contribution in [0, 0.1) is 17.7 Å². The lowest BCUT2D eigenvalue weighted by Gasteiger charge is -2.23. The molecule has 0 radical (unpaired) electrons. The molecule has 180 valence electrons. The van der Waals surface area contributed by atoms with Crippen LogP contribution in [-0.2, 0) is 34.4 Å². The Morgan fingerprint density at radius 1 is 1.03 bits per heavy atom. The second-order valence-electron chi connectivity index (χ2n) is 9.45. The molecule has 1 N–H and O–H groups in total. The second kappa shape index (κ2) is 9.24. The van der Waals surface area contributed by atoms with Gasteiger partial charge in [0.1, 0.15) is 5.82 Å². The van der Waals surface area contributed by atoms with Crippen LogP contribution in [0.1, 0.15) is 37.3 Å². The molecule has 3 aromatic rings. The third kappa shape index (κ3) is 4.67. The van der Waals surface area contributed by atoms with Gasteiger partial charge in [0.05, 0.1) is 18.0 Å². The monoisotopic (exact) mass is 483 g/mol. The van der Waals surface area contributed by atoms with Gasteiger partial charge in [-0.05, 0) is 97.0 Å². The van der Waals surface area contributed by atoms with E-state index in [9.17, 15) is 12.8 Å². The van der Waals surface area contributed by atoms with Crippen molar-refractivity contribution < 1.29 is 17.0 Å². The summed E-state index contributed by atoms with van der Waals surface area (Å²) in [6, 6.07) is 14.8. The molecule has 6 nitrogen and oxygen atoms in total. The van der Waals surface area contributed by atoms with Crippen LogP contribution < -0.4 is 4.72 Å². The van der Waals surface area contributed by atoms with Gasteiger partial charge in [-0.25, -0.2) is 4.39 Å². The summed E-state index contributed by atoms with van der Waals surface area (Å²) in [4.78, 5) is 0. The van der Waals surface area contributed by atoms with Gasteiger partial charge in [0.2, 0.25) is 0 Å². The molecule has 2 aromatic carbocycles. The van der Waals surface area contributed by atoms with Crippen molar-refractivity contribution in [2.75, 3.05) is 6.61 Å². The van der Waals surface area contributed by atoms with Crippen LogP contribution in [0.5, 0.6) is 0 Å². The first kappa shape index (κ1) is 23.2. The fourth-order valence-electron chi connectivity index (χ4n) is 5.45. The van der Waals surface area contributed by atoms with Gasteiger partial charge in [-0.3, -0.25) is 8.86 Å². The molecule has 5 rings (SSSR count). The molecule has 0 aliphatic heterocycles. The number of rotatable bonds is 7. The van der Waals surface area contributed by atoms with Crippen molar-refractivity contribution in [1.29, 1.82) is 0 Å². The highest BCUT2D eigenvalue weighted by atomic mass is 32.2. The van der Waals surface area contributed by atoms with Crippen LogP contribution in [-0.4, -0.2) is 30.8 Å². The van der Waals surface area contributed by atoms with Crippen molar-refractivity contribution in [1.82, 2.24) is 14.5 Å². The first-order chi connectivity index (χ1) is 16.3. The molecule has 2 bridgehead atoms. The predicted molar refractivity (Wildman–Crippen MR) is 130 cm³/mol. The molecule has 0 amide bonds. The smallest absolute Gasteiger partial charge is 0.267 e. The first-order valence-electron chi connectivity index (χ1n) is 11.9. The van der Waals surface area contributed by atoms with Crippen LogP contribution in [0.3, 0.4) is 0 Å². The number of hydrogen-bond acceptors (Lipinski definition) is 4. The first-order valence-corrected chi connectivity index (χ1v) is 13.3. The van der Waals surface area contributed by atoms with E-state index in [1.807, 2.05) is 24.7 Å². The second-order valence-corrected chi connectivity index (χ2v) is 10.8. The number of hydrogen-bond donors (Lipinski definition) is 1. The van der Waals surface area contributed by atoms with Crippen LogP contribution in [0.2, 0.25) is 0 Å². The number of fused-ring (bicyclic) bond motifs is 3. The highest BCUT2D eigenvalue weighted by molar-refractivity contribution is 7.84. The molecule has 0 unspecified atom stereocenters. The minimum atomic E-state index is -3.74. The van der Waals surface area contributed by atoms with E-state index in [0.29, 0.717) is 6.42 Å². The molecule has 1 heterocycles. The molecule has 2 aliphatic carbocycles. The average Bonchev–Trinajstić information content (AvgIpc) is 3.31. The van der Waals surface area contributed by atoms with E-state index < -0.39 is 10.3 Å². The minimum Gasteiger partial charge on any atom is -0.267 e. The summed E-state index contributed by atoms with van der Waals surface area (Å²) in [7, 11) is -1.85.